The number of anilines is 1. The molecule has 7 heteroatoms. The van der Waals surface area contributed by atoms with Gasteiger partial charge < -0.3 is 24.9 Å². The number of aromatic nitrogens is 1. The lowest BCUT2D eigenvalue weighted by molar-refractivity contribution is -0.140. The second kappa shape index (κ2) is 10.5. The summed E-state index contributed by atoms with van der Waals surface area (Å²) in [5.74, 6) is 0.181. The Morgan fingerprint density at radius 2 is 1.75 bits per heavy atom. The lowest BCUT2D eigenvalue weighted by Gasteiger charge is -2.19. The van der Waals surface area contributed by atoms with E-state index in [1.165, 1.54) is 7.11 Å². The van der Waals surface area contributed by atoms with Crippen molar-refractivity contribution in [2.24, 2.45) is 0 Å². The molecule has 0 bridgehead atoms. The lowest BCUT2D eigenvalue weighted by atomic mass is 9.88. The number of ketones is 1. The van der Waals surface area contributed by atoms with Crippen molar-refractivity contribution in [3.8, 4) is 11.5 Å². The van der Waals surface area contributed by atoms with Gasteiger partial charge in [0.05, 0.1) is 26.7 Å². The number of carbonyl (C=O) groups excluding carboxylic acids is 2. The summed E-state index contributed by atoms with van der Waals surface area (Å²) in [6.07, 6.45) is 1.74. The highest BCUT2D eigenvalue weighted by Crippen LogP contribution is 2.36. The maximum atomic E-state index is 13.2. The monoisotopic (exact) mass is 436 g/mol. The average molecular weight is 437 g/mol. The molecule has 0 spiro atoms. The Hall–Kier alpha value is -3.74. The van der Waals surface area contributed by atoms with E-state index in [1.807, 2.05) is 32.0 Å². The van der Waals surface area contributed by atoms with Crippen LogP contribution >= 0.6 is 0 Å². The van der Waals surface area contributed by atoms with Gasteiger partial charge in [-0.2, -0.15) is 0 Å². The first-order chi connectivity index (χ1) is 15.5. The number of hydrogen-bond donors (Lipinski definition) is 2. The van der Waals surface area contributed by atoms with Gasteiger partial charge in [0.15, 0.2) is 17.3 Å². The zero-order valence-corrected chi connectivity index (χ0v) is 18.5. The molecule has 0 aliphatic carbocycles. The minimum absolute atomic E-state index is 0.0494. The second-order valence-corrected chi connectivity index (χ2v) is 7.16. The summed E-state index contributed by atoms with van der Waals surface area (Å²) < 4.78 is 16.3. The molecule has 7 nitrogen and oxygen atoms in total. The molecule has 0 fully saturated rings. The van der Waals surface area contributed by atoms with Gasteiger partial charge >= 0.3 is 5.97 Å². The van der Waals surface area contributed by atoms with E-state index in [-0.39, 0.29) is 12.2 Å². The molecular weight excluding hydrogens is 408 g/mol. The second-order valence-electron chi connectivity index (χ2n) is 7.16. The molecule has 3 aromatic rings. The Balaban J connectivity index is 2.07. The zero-order valence-electron chi connectivity index (χ0n) is 18.5. The minimum atomic E-state index is -0.452. The highest BCUT2D eigenvalue weighted by atomic mass is 16.5. The van der Waals surface area contributed by atoms with Crippen LogP contribution in [0.4, 0.5) is 5.69 Å². The standard InChI is InChI=1S/C25H28N2O5/c1-4-31-21-10-9-16(14-22(21)32-5-2)20(15-23(28)30-3)24-19(11-12-27-24)25(29)17-7-6-8-18(26)13-17/h6-14,20,27H,4-5,15,26H2,1-3H3. The summed E-state index contributed by atoms with van der Waals surface area (Å²) in [5.41, 5.74) is 8.73. The third kappa shape index (κ3) is 5.11. The molecule has 0 aliphatic heterocycles. The highest BCUT2D eigenvalue weighted by molar-refractivity contribution is 6.10. The third-order valence-corrected chi connectivity index (χ3v) is 5.09. The summed E-state index contributed by atoms with van der Waals surface area (Å²) in [6, 6.07) is 14.1. The Bertz CT molecular complexity index is 1090. The van der Waals surface area contributed by atoms with Gasteiger partial charge in [0.2, 0.25) is 0 Å². The van der Waals surface area contributed by atoms with Crippen molar-refractivity contribution in [3.63, 3.8) is 0 Å². The predicted molar refractivity (Wildman–Crippen MR) is 122 cm³/mol. The summed E-state index contributed by atoms with van der Waals surface area (Å²) in [5, 5.41) is 0. The average Bonchev–Trinajstić information content (AvgIpc) is 3.28. The van der Waals surface area contributed by atoms with Crippen molar-refractivity contribution in [3.05, 3.63) is 77.1 Å². The maximum Gasteiger partial charge on any atom is 0.306 e. The van der Waals surface area contributed by atoms with Gasteiger partial charge in [-0.25, -0.2) is 0 Å². The van der Waals surface area contributed by atoms with Gasteiger partial charge in [-0.15, -0.1) is 0 Å². The van der Waals surface area contributed by atoms with E-state index in [9.17, 15) is 9.59 Å². The molecule has 32 heavy (non-hydrogen) atoms. The number of nitrogen functional groups attached to an aromatic ring is 1. The van der Waals surface area contributed by atoms with Gasteiger partial charge in [0.1, 0.15) is 0 Å². The molecule has 0 saturated carbocycles. The van der Waals surface area contributed by atoms with Gasteiger partial charge in [-0.3, -0.25) is 9.59 Å². The molecule has 0 saturated heterocycles. The topological polar surface area (TPSA) is 104 Å². The first kappa shape index (κ1) is 22.9. The fraction of sp³-hybridized carbons (Fsp3) is 0.280. The Kier molecular flexibility index (Phi) is 7.54. The van der Waals surface area contributed by atoms with E-state index >= 15 is 0 Å². The van der Waals surface area contributed by atoms with Gasteiger partial charge in [0, 0.05) is 34.6 Å². The first-order valence-corrected chi connectivity index (χ1v) is 10.5. The molecule has 3 N–H and O–H groups in total. The lowest BCUT2D eigenvalue weighted by Crippen LogP contribution is -2.14. The number of aromatic amines is 1. The number of benzene rings is 2. The number of nitrogens with one attached hydrogen (secondary N) is 1. The molecule has 3 rings (SSSR count). The van der Waals surface area contributed by atoms with E-state index in [1.54, 1.807) is 36.5 Å². The molecule has 0 radical (unpaired) electrons. The van der Waals surface area contributed by atoms with Crippen molar-refractivity contribution in [2.45, 2.75) is 26.2 Å². The molecule has 2 aromatic carbocycles. The van der Waals surface area contributed by atoms with Crippen LogP contribution in [-0.2, 0) is 9.53 Å². The Morgan fingerprint density at radius 3 is 2.44 bits per heavy atom. The highest BCUT2D eigenvalue weighted by Gasteiger charge is 2.27. The van der Waals surface area contributed by atoms with Crippen LogP contribution in [0.2, 0.25) is 0 Å². The molecule has 1 heterocycles. The van der Waals surface area contributed by atoms with Crippen LogP contribution in [-0.4, -0.2) is 37.1 Å². The zero-order chi connectivity index (χ0) is 23.1. The van der Waals surface area contributed by atoms with E-state index in [0.717, 1.165) is 5.56 Å². The van der Waals surface area contributed by atoms with Crippen LogP contribution < -0.4 is 15.2 Å². The van der Waals surface area contributed by atoms with Crippen LogP contribution in [0.3, 0.4) is 0 Å². The van der Waals surface area contributed by atoms with E-state index in [0.29, 0.717) is 47.2 Å². The molecular formula is C25H28N2O5. The van der Waals surface area contributed by atoms with Crippen molar-refractivity contribution in [2.75, 3.05) is 26.1 Å². The summed E-state index contributed by atoms with van der Waals surface area (Å²) in [6.45, 7) is 4.76. The molecule has 0 amide bonds. The Morgan fingerprint density at radius 1 is 1.00 bits per heavy atom. The molecule has 168 valence electrons. The number of H-pyrrole nitrogens is 1. The van der Waals surface area contributed by atoms with Crippen LogP contribution in [0.25, 0.3) is 0 Å². The maximum absolute atomic E-state index is 13.2. The molecule has 1 atom stereocenters. The number of ether oxygens (including phenoxy) is 3. The fourth-order valence-corrected chi connectivity index (χ4v) is 3.63. The Labute approximate surface area is 187 Å². The van der Waals surface area contributed by atoms with Crippen molar-refractivity contribution >= 4 is 17.4 Å². The van der Waals surface area contributed by atoms with Crippen molar-refractivity contribution < 1.29 is 23.8 Å². The summed E-state index contributed by atoms with van der Waals surface area (Å²) >= 11 is 0. The van der Waals surface area contributed by atoms with E-state index < -0.39 is 11.9 Å². The number of rotatable bonds is 10. The first-order valence-electron chi connectivity index (χ1n) is 10.5. The normalized spacial score (nSPS) is 11.6. The fourth-order valence-electron chi connectivity index (χ4n) is 3.63. The SMILES string of the molecule is CCOc1ccc(C(CC(=O)OC)c2[nH]ccc2C(=O)c2cccc(N)c2)cc1OCC. The quantitative estimate of drug-likeness (QED) is 0.279. The molecule has 0 aliphatic rings. The number of esters is 1. The minimum Gasteiger partial charge on any atom is -0.490 e. The summed E-state index contributed by atoms with van der Waals surface area (Å²) in [4.78, 5) is 28.7. The number of nitrogens with two attached hydrogens (primary N) is 1. The van der Waals surface area contributed by atoms with Gasteiger partial charge in [-0.05, 0) is 49.7 Å². The summed E-state index contributed by atoms with van der Waals surface area (Å²) in [7, 11) is 1.34. The van der Waals surface area contributed by atoms with E-state index in [2.05, 4.69) is 4.98 Å². The van der Waals surface area contributed by atoms with Crippen LogP contribution in [0.5, 0.6) is 11.5 Å². The van der Waals surface area contributed by atoms with E-state index in [4.69, 9.17) is 19.9 Å². The molecule has 1 aromatic heterocycles. The third-order valence-electron chi connectivity index (χ3n) is 5.09. The van der Waals surface area contributed by atoms with Crippen molar-refractivity contribution in [1.29, 1.82) is 0 Å². The van der Waals surface area contributed by atoms with Crippen LogP contribution in [0, 0.1) is 0 Å². The van der Waals surface area contributed by atoms with Crippen LogP contribution in [0.1, 0.15) is 53.4 Å². The van der Waals surface area contributed by atoms with Crippen LogP contribution in [0.15, 0.2) is 54.7 Å². The largest absolute Gasteiger partial charge is 0.490 e. The number of hydrogen-bond acceptors (Lipinski definition) is 6. The number of carbonyl (C=O) groups is 2. The smallest absolute Gasteiger partial charge is 0.306 e. The van der Waals surface area contributed by atoms with Gasteiger partial charge in [0.25, 0.3) is 0 Å². The predicted octanol–water partition coefficient (Wildman–Crippen LogP) is 4.32. The molecule has 1 unspecified atom stereocenters. The van der Waals surface area contributed by atoms with Gasteiger partial charge in [-0.1, -0.05) is 18.2 Å². The number of methoxy groups -OCH3 is 1. The van der Waals surface area contributed by atoms with Crippen molar-refractivity contribution in [1.82, 2.24) is 4.98 Å².